The zero-order valence-electron chi connectivity index (χ0n) is 20.5. The molecule has 1 nitrogen and oxygen atoms in total. The first-order chi connectivity index (χ1) is 17.1. The molecule has 0 amide bonds. The molecule has 0 aliphatic carbocycles. The average molecular weight is 471 g/mol. The Balaban J connectivity index is 1.50. The Morgan fingerprint density at radius 1 is 0.543 bits per heavy atom. The van der Waals surface area contributed by atoms with Crippen molar-refractivity contribution < 1.29 is 13.5 Å². The highest BCUT2D eigenvalue weighted by molar-refractivity contribution is 5.74. The number of ether oxygens (including phenoxy) is 1. The molecule has 0 atom stereocenters. The lowest BCUT2D eigenvalue weighted by molar-refractivity contribution is 0.306. The van der Waals surface area contributed by atoms with E-state index >= 15 is 8.78 Å². The summed E-state index contributed by atoms with van der Waals surface area (Å²) in [5, 5.41) is 0. The summed E-state index contributed by atoms with van der Waals surface area (Å²) in [4.78, 5) is 0. The molecule has 0 aliphatic rings. The highest BCUT2D eigenvalue weighted by Gasteiger charge is 2.16. The smallest absolute Gasteiger partial charge is 0.167 e. The summed E-state index contributed by atoms with van der Waals surface area (Å²) >= 11 is 0. The largest absolute Gasteiger partial charge is 0.494 e. The van der Waals surface area contributed by atoms with E-state index in [1.165, 1.54) is 5.56 Å². The van der Waals surface area contributed by atoms with Gasteiger partial charge in [-0.05, 0) is 52.8 Å². The third kappa shape index (κ3) is 5.97. The Morgan fingerprint density at radius 2 is 1.03 bits per heavy atom. The molecule has 0 aliphatic heterocycles. The van der Waals surface area contributed by atoms with Crippen molar-refractivity contribution in [3.63, 3.8) is 0 Å². The maximum atomic E-state index is 15.1. The maximum absolute atomic E-state index is 15.1. The van der Waals surface area contributed by atoms with Crippen molar-refractivity contribution in [3.05, 3.63) is 102 Å². The summed E-state index contributed by atoms with van der Waals surface area (Å²) in [6.07, 6.45) is 5.46. The van der Waals surface area contributed by atoms with Gasteiger partial charge in [0.05, 0.1) is 6.61 Å². The molecule has 0 radical (unpaired) electrons. The highest BCUT2D eigenvalue weighted by Crippen LogP contribution is 2.33. The van der Waals surface area contributed by atoms with Gasteiger partial charge >= 0.3 is 0 Å². The fourth-order valence-corrected chi connectivity index (χ4v) is 4.26. The molecule has 0 unspecified atom stereocenters. The van der Waals surface area contributed by atoms with E-state index in [9.17, 15) is 0 Å². The minimum atomic E-state index is -0.838. The second kappa shape index (κ2) is 11.8. The van der Waals surface area contributed by atoms with E-state index in [4.69, 9.17) is 4.74 Å². The van der Waals surface area contributed by atoms with Crippen LogP contribution in [0.3, 0.4) is 0 Å². The minimum absolute atomic E-state index is 0.243. The topological polar surface area (TPSA) is 9.23 Å². The molecule has 0 aromatic heterocycles. The quantitative estimate of drug-likeness (QED) is 0.210. The van der Waals surface area contributed by atoms with Crippen LogP contribution in [0.1, 0.15) is 45.1 Å². The molecule has 0 fully saturated rings. The van der Waals surface area contributed by atoms with Crippen LogP contribution in [0, 0.1) is 11.6 Å². The fraction of sp³-hybridized carbons (Fsp3) is 0.250. The van der Waals surface area contributed by atoms with Crippen LogP contribution in [0.25, 0.3) is 33.4 Å². The number of hydrogen-bond donors (Lipinski definition) is 0. The Morgan fingerprint density at radius 3 is 1.54 bits per heavy atom. The molecular formula is C32H32F2O. The standard InChI is InChI=1S/C32H32F2O/c1-3-5-6-22-35-28-18-16-27(17-19-28)30-21-20-29(31(33)32(30)34)26-14-12-25(13-15-26)24-10-8-23(7-4-2)9-11-24/h8-21H,3-7,22H2,1-2H3. The van der Waals surface area contributed by atoms with Gasteiger partial charge in [-0.15, -0.1) is 0 Å². The molecule has 35 heavy (non-hydrogen) atoms. The maximum Gasteiger partial charge on any atom is 0.167 e. The van der Waals surface area contributed by atoms with Crippen molar-refractivity contribution in [2.24, 2.45) is 0 Å². The third-order valence-corrected chi connectivity index (χ3v) is 6.29. The Bertz CT molecular complexity index is 1230. The van der Waals surface area contributed by atoms with Crippen LogP contribution in [0.15, 0.2) is 84.9 Å². The predicted molar refractivity (Wildman–Crippen MR) is 142 cm³/mol. The van der Waals surface area contributed by atoms with Gasteiger partial charge in [0.15, 0.2) is 11.6 Å². The van der Waals surface area contributed by atoms with Gasteiger partial charge in [-0.1, -0.05) is 106 Å². The number of unbranched alkanes of at least 4 members (excludes halogenated alkanes) is 2. The number of rotatable bonds is 10. The van der Waals surface area contributed by atoms with Gasteiger partial charge in [-0.3, -0.25) is 0 Å². The molecule has 0 N–H and O–H groups in total. The summed E-state index contributed by atoms with van der Waals surface area (Å²) in [5.41, 5.74) is 5.24. The van der Waals surface area contributed by atoms with E-state index in [1.807, 2.05) is 24.3 Å². The number of benzene rings is 4. The van der Waals surface area contributed by atoms with Gasteiger partial charge in [0.25, 0.3) is 0 Å². The predicted octanol–water partition coefficient (Wildman–Crippen LogP) is 9.49. The number of halogens is 2. The zero-order valence-corrected chi connectivity index (χ0v) is 20.5. The Kier molecular flexibility index (Phi) is 8.31. The zero-order chi connectivity index (χ0) is 24.6. The second-order valence-electron chi connectivity index (χ2n) is 8.89. The summed E-state index contributed by atoms with van der Waals surface area (Å²) in [6.45, 7) is 4.98. The van der Waals surface area contributed by atoms with Gasteiger partial charge in [-0.25, -0.2) is 8.78 Å². The summed E-state index contributed by atoms with van der Waals surface area (Å²) in [6, 6.07) is 26.5. The van der Waals surface area contributed by atoms with Crippen molar-refractivity contribution in [2.75, 3.05) is 6.61 Å². The van der Waals surface area contributed by atoms with Crippen molar-refractivity contribution in [1.29, 1.82) is 0 Å². The highest BCUT2D eigenvalue weighted by atomic mass is 19.2. The van der Waals surface area contributed by atoms with Gasteiger partial charge < -0.3 is 4.74 Å². The van der Waals surface area contributed by atoms with Crippen LogP contribution < -0.4 is 4.74 Å². The SMILES string of the molecule is CCCCCOc1ccc(-c2ccc(-c3ccc(-c4ccc(CCC)cc4)cc3)c(F)c2F)cc1. The lowest BCUT2D eigenvalue weighted by Gasteiger charge is -2.11. The molecule has 180 valence electrons. The van der Waals surface area contributed by atoms with Crippen LogP contribution in [-0.2, 0) is 6.42 Å². The van der Waals surface area contributed by atoms with Gasteiger partial charge in [0.1, 0.15) is 5.75 Å². The van der Waals surface area contributed by atoms with E-state index in [2.05, 4.69) is 38.1 Å². The molecular weight excluding hydrogens is 438 g/mol. The van der Waals surface area contributed by atoms with E-state index in [0.29, 0.717) is 17.7 Å². The molecule has 0 saturated heterocycles. The Labute approximate surface area is 207 Å². The van der Waals surface area contributed by atoms with Gasteiger partial charge in [-0.2, -0.15) is 0 Å². The lowest BCUT2D eigenvalue weighted by Crippen LogP contribution is -1.97. The normalized spacial score (nSPS) is 11.0. The van der Waals surface area contributed by atoms with Crippen molar-refractivity contribution >= 4 is 0 Å². The van der Waals surface area contributed by atoms with E-state index < -0.39 is 11.6 Å². The fourth-order valence-electron chi connectivity index (χ4n) is 4.26. The average Bonchev–Trinajstić information content (AvgIpc) is 2.90. The van der Waals surface area contributed by atoms with Crippen LogP contribution in [0.5, 0.6) is 5.75 Å². The van der Waals surface area contributed by atoms with Gasteiger partial charge in [0, 0.05) is 11.1 Å². The van der Waals surface area contributed by atoms with Crippen molar-refractivity contribution in [1.82, 2.24) is 0 Å². The van der Waals surface area contributed by atoms with Crippen molar-refractivity contribution in [2.45, 2.75) is 46.0 Å². The molecule has 0 bridgehead atoms. The first-order valence-corrected chi connectivity index (χ1v) is 12.5. The summed E-state index contributed by atoms with van der Waals surface area (Å²) in [7, 11) is 0. The summed E-state index contributed by atoms with van der Waals surface area (Å²) < 4.78 is 35.9. The van der Waals surface area contributed by atoms with Crippen LogP contribution >= 0.6 is 0 Å². The van der Waals surface area contributed by atoms with Crippen LogP contribution in [-0.4, -0.2) is 6.61 Å². The molecule has 4 rings (SSSR count). The van der Waals surface area contributed by atoms with E-state index in [0.717, 1.165) is 49.0 Å². The van der Waals surface area contributed by atoms with Crippen molar-refractivity contribution in [3.8, 4) is 39.1 Å². The molecule has 4 aromatic rings. The molecule has 3 heteroatoms. The van der Waals surface area contributed by atoms with Gasteiger partial charge in [0.2, 0.25) is 0 Å². The monoisotopic (exact) mass is 470 g/mol. The number of hydrogen-bond acceptors (Lipinski definition) is 1. The third-order valence-electron chi connectivity index (χ3n) is 6.29. The first-order valence-electron chi connectivity index (χ1n) is 12.5. The number of aryl methyl sites for hydroxylation is 1. The summed E-state index contributed by atoms with van der Waals surface area (Å²) in [5.74, 6) is -0.934. The van der Waals surface area contributed by atoms with E-state index in [-0.39, 0.29) is 11.1 Å². The molecule has 0 spiro atoms. The lowest BCUT2D eigenvalue weighted by atomic mass is 9.96. The van der Waals surface area contributed by atoms with Crippen LogP contribution in [0.4, 0.5) is 8.78 Å². The minimum Gasteiger partial charge on any atom is -0.494 e. The first kappa shape index (κ1) is 24.7. The second-order valence-corrected chi connectivity index (χ2v) is 8.89. The Hall–Kier alpha value is -3.46. The molecule has 0 heterocycles. The molecule has 4 aromatic carbocycles. The molecule has 0 saturated carbocycles. The van der Waals surface area contributed by atoms with Crippen LogP contribution in [0.2, 0.25) is 0 Å². The van der Waals surface area contributed by atoms with E-state index in [1.54, 1.807) is 36.4 Å².